The molecule has 3 rings (SSSR count). The number of Topliss-reactive ketones (excluding diaryl/α,β-unsaturated/α-hetero) is 1. The number of carbonyl (C=O) groups is 3. The van der Waals surface area contributed by atoms with Crippen LogP contribution in [-0.4, -0.2) is 52.5 Å². The van der Waals surface area contributed by atoms with Crippen LogP contribution in [0.3, 0.4) is 0 Å². The van der Waals surface area contributed by atoms with Crippen molar-refractivity contribution < 1.29 is 24.2 Å². The van der Waals surface area contributed by atoms with Crippen LogP contribution in [0.2, 0.25) is 0 Å². The SMILES string of the molecule is CCOC(=O)C(CCc1ccccc1)N1C(C(=O)O)Cc2ccccc2C1C(=O)[C@H](C)N. The van der Waals surface area contributed by atoms with Crippen molar-refractivity contribution in [2.75, 3.05) is 6.61 Å². The van der Waals surface area contributed by atoms with Gasteiger partial charge in [0.15, 0.2) is 5.78 Å². The Morgan fingerprint density at radius 1 is 1.12 bits per heavy atom. The van der Waals surface area contributed by atoms with Crippen LogP contribution in [0.4, 0.5) is 0 Å². The van der Waals surface area contributed by atoms with E-state index in [1.807, 2.05) is 54.6 Å². The fraction of sp³-hybridized carbons (Fsp3) is 0.400. The largest absolute Gasteiger partial charge is 0.480 e. The lowest BCUT2D eigenvalue weighted by Gasteiger charge is -2.44. The van der Waals surface area contributed by atoms with Gasteiger partial charge in [0, 0.05) is 0 Å². The van der Waals surface area contributed by atoms with E-state index in [4.69, 9.17) is 10.5 Å². The molecule has 7 heteroatoms. The number of hydrogen-bond acceptors (Lipinski definition) is 6. The number of carboxylic acids is 1. The van der Waals surface area contributed by atoms with Crippen LogP contribution in [0.15, 0.2) is 54.6 Å². The third kappa shape index (κ3) is 5.06. The first-order chi connectivity index (χ1) is 15.3. The Hall–Kier alpha value is -3.03. The van der Waals surface area contributed by atoms with Gasteiger partial charge in [-0.1, -0.05) is 54.6 Å². The number of benzene rings is 2. The molecule has 1 heterocycles. The Balaban J connectivity index is 2.08. The Morgan fingerprint density at radius 3 is 2.41 bits per heavy atom. The van der Waals surface area contributed by atoms with E-state index in [-0.39, 0.29) is 18.8 Å². The monoisotopic (exact) mass is 438 g/mol. The maximum atomic E-state index is 13.3. The number of esters is 1. The zero-order chi connectivity index (χ0) is 23.3. The van der Waals surface area contributed by atoms with Crippen molar-refractivity contribution >= 4 is 17.7 Å². The average molecular weight is 439 g/mol. The minimum Gasteiger partial charge on any atom is -0.480 e. The highest BCUT2D eigenvalue weighted by Gasteiger charge is 2.47. The minimum atomic E-state index is -1.09. The molecular weight excluding hydrogens is 408 g/mol. The lowest BCUT2D eigenvalue weighted by molar-refractivity contribution is -0.159. The second kappa shape index (κ2) is 10.5. The normalized spacial score (nSPS) is 20.1. The number of ketones is 1. The molecule has 3 unspecified atom stereocenters. The third-order valence-electron chi connectivity index (χ3n) is 5.89. The maximum Gasteiger partial charge on any atom is 0.323 e. The van der Waals surface area contributed by atoms with Gasteiger partial charge in [-0.3, -0.25) is 19.3 Å². The zero-order valence-electron chi connectivity index (χ0n) is 18.4. The molecule has 170 valence electrons. The Morgan fingerprint density at radius 2 is 1.78 bits per heavy atom. The quantitative estimate of drug-likeness (QED) is 0.579. The van der Waals surface area contributed by atoms with Gasteiger partial charge >= 0.3 is 11.9 Å². The molecule has 0 aliphatic carbocycles. The van der Waals surface area contributed by atoms with Crippen LogP contribution in [-0.2, 0) is 32.0 Å². The van der Waals surface area contributed by atoms with Gasteiger partial charge in [-0.25, -0.2) is 0 Å². The molecule has 7 nitrogen and oxygen atoms in total. The van der Waals surface area contributed by atoms with E-state index in [9.17, 15) is 19.5 Å². The second-order valence-electron chi connectivity index (χ2n) is 8.09. The molecule has 4 atom stereocenters. The Bertz CT molecular complexity index is 960. The van der Waals surface area contributed by atoms with Gasteiger partial charge in [-0.05, 0) is 49.8 Å². The fourth-order valence-corrected chi connectivity index (χ4v) is 4.38. The van der Waals surface area contributed by atoms with Gasteiger partial charge in [-0.2, -0.15) is 0 Å². The molecule has 3 N–H and O–H groups in total. The van der Waals surface area contributed by atoms with E-state index in [0.717, 1.165) is 11.1 Å². The second-order valence-corrected chi connectivity index (χ2v) is 8.09. The first kappa shape index (κ1) is 23.6. The number of rotatable bonds is 9. The van der Waals surface area contributed by atoms with Gasteiger partial charge < -0.3 is 15.6 Å². The number of aryl methyl sites for hydroxylation is 1. The van der Waals surface area contributed by atoms with Crippen LogP contribution in [0.5, 0.6) is 0 Å². The molecule has 0 fully saturated rings. The Kier molecular flexibility index (Phi) is 7.77. The number of fused-ring (bicyclic) bond motifs is 1. The lowest BCUT2D eigenvalue weighted by Crippen LogP contribution is -2.59. The number of hydrogen-bond donors (Lipinski definition) is 2. The molecule has 32 heavy (non-hydrogen) atoms. The minimum absolute atomic E-state index is 0.161. The van der Waals surface area contributed by atoms with E-state index < -0.39 is 36.1 Å². The first-order valence-electron chi connectivity index (χ1n) is 10.9. The summed E-state index contributed by atoms with van der Waals surface area (Å²) in [7, 11) is 0. The zero-order valence-corrected chi connectivity index (χ0v) is 18.4. The van der Waals surface area contributed by atoms with E-state index in [0.29, 0.717) is 18.4 Å². The summed E-state index contributed by atoms with van der Waals surface area (Å²) >= 11 is 0. The summed E-state index contributed by atoms with van der Waals surface area (Å²) in [5.41, 5.74) is 8.46. The van der Waals surface area contributed by atoms with Crippen molar-refractivity contribution in [2.45, 2.75) is 57.3 Å². The molecule has 0 aromatic heterocycles. The first-order valence-corrected chi connectivity index (χ1v) is 10.9. The molecule has 2 aromatic carbocycles. The predicted octanol–water partition coefficient (Wildman–Crippen LogP) is 2.52. The molecule has 0 spiro atoms. The van der Waals surface area contributed by atoms with Gasteiger partial charge in [-0.15, -0.1) is 0 Å². The number of nitrogens with zero attached hydrogens (tertiary/aromatic N) is 1. The number of nitrogens with two attached hydrogens (primary N) is 1. The van der Waals surface area contributed by atoms with E-state index in [2.05, 4.69) is 0 Å². The van der Waals surface area contributed by atoms with Gasteiger partial charge in [0.05, 0.1) is 18.7 Å². The number of aliphatic carboxylic acids is 1. The van der Waals surface area contributed by atoms with Gasteiger partial charge in [0.1, 0.15) is 12.1 Å². The van der Waals surface area contributed by atoms with Crippen LogP contribution >= 0.6 is 0 Å². The summed E-state index contributed by atoms with van der Waals surface area (Å²) in [6.07, 6.45) is 1.04. The highest BCUT2D eigenvalue weighted by atomic mass is 16.5. The number of carboxylic acid groups (broad SMARTS) is 1. The maximum absolute atomic E-state index is 13.3. The van der Waals surface area contributed by atoms with Crippen molar-refractivity contribution in [2.24, 2.45) is 5.73 Å². The van der Waals surface area contributed by atoms with E-state index in [1.54, 1.807) is 13.8 Å². The summed E-state index contributed by atoms with van der Waals surface area (Å²) < 4.78 is 5.33. The number of carbonyl (C=O) groups excluding carboxylic acids is 2. The van der Waals surface area contributed by atoms with Crippen molar-refractivity contribution in [1.82, 2.24) is 4.90 Å². The van der Waals surface area contributed by atoms with E-state index >= 15 is 0 Å². The summed E-state index contributed by atoms with van der Waals surface area (Å²) in [5.74, 6) is -1.94. The molecular formula is C25H30N2O5. The molecule has 0 saturated carbocycles. The molecule has 0 saturated heterocycles. The van der Waals surface area contributed by atoms with Crippen LogP contribution in [0.25, 0.3) is 0 Å². The molecule has 2 aromatic rings. The molecule has 0 radical (unpaired) electrons. The van der Waals surface area contributed by atoms with Gasteiger partial charge in [0.25, 0.3) is 0 Å². The topological polar surface area (TPSA) is 110 Å². The lowest BCUT2D eigenvalue weighted by atomic mass is 9.83. The smallest absolute Gasteiger partial charge is 0.323 e. The highest BCUT2D eigenvalue weighted by Crippen LogP contribution is 2.37. The van der Waals surface area contributed by atoms with Crippen LogP contribution < -0.4 is 5.73 Å². The predicted molar refractivity (Wildman–Crippen MR) is 120 cm³/mol. The molecule has 0 amide bonds. The average Bonchev–Trinajstić information content (AvgIpc) is 2.78. The highest BCUT2D eigenvalue weighted by molar-refractivity contribution is 5.92. The summed E-state index contributed by atoms with van der Waals surface area (Å²) in [5, 5.41) is 10.1. The summed E-state index contributed by atoms with van der Waals surface area (Å²) in [6.45, 7) is 3.45. The van der Waals surface area contributed by atoms with Crippen LogP contribution in [0, 0.1) is 0 Å². The van der Waals surface area contributed by atoms with Crippen LogP contribution in [0.1, 0.15) is 43.0 Å². The van der Waals surface area contributed by atoms with Crippen molar-refractivity contribution in [3.8, 4) is 0 Å². The van der Waals surface area contributed by atoms with E-state index in [1.165, 1.54) is 4.90 Å². The third-order valence-corrected chi connectivity index (χ3v) is 5.89. The number of ether oxygens (including phenoxy) is 1. The molecule has 0 bridgehead atoms. The van der Waals surface area contributed by atoms with Gasteiger partial charge in [0.2, 0.25) is 0 Å². The standard InChI is InChI=1S/C25H30N2O5/c1-3-32-25(31)20(14-13-17-9-5-4-6-10-17)27-21(24(29)30)15-18-11-7-8-12-19(18)22(27)23(28)16(2)26/h4-12,16,20-22H,3,13-15,26H2,1-2H3,(H,29,30)/t16-,20?,21?,22?/m0/s1. The van der Waals surface area contributed by atoms with Crippen molar-refractivity contribution in [3.63, 3.8) is 0 Å². The summed E-state index contributed by atoms with van der Waals surface area (Å²) in [4.78, 5) is 40.2. The summed E-state index contributed by atoms with van der Waals surface area (Å²) in [6, 6.07) is 13.2. The van der Waals surface area contributed by atoms with Crippen molar-refractivity contribution in [3.05, 3.63) is 71.3 Å². The fourth-order valence-electron chi connectivity index (χ4n) is 4.38. The molecule has 1 aliphatic rings. The van der Waals surface area contributed by atoms with Crippen molar-refractivity contribution in [1.29, 1.82) is 0 Å². The Labute approximate surface area is 188 Å². The molecule has 1 aliphatic heterocycles.